The summed E-state index contributed by atoms with van der Waals surface area (Å²) >= 11 is 0. The number of hydrogen-bond donors (Lipinski definition) is 1. The smallest absolute Gasteiger partial charge is 0.113 e. The van der Waals surface area contributed by atoms with Crippen LogP contribution in [0, 0.1) is 0 Å². The molecule has 1 aromatic heterocycles. The number of fused-ring (bicyclic) bond motifs is 1. The molecule has 0 radical (unpaired) electrons. The highest BCUT2D eigenvalue weighted by Crippen LogP contribution is 2.40. The van der Waals surface area contributed by atoms with E-state index >= 15 is 0 Å². The minimum Gasteiger partial charge on any atom is -0.378 e. The van der Waals surface area contributed by atoms with Crippen LogP contribution >= 0.6 is 0 Å². The summed E-state index contributed by atoms with van der Waals surface area (Å²) in [5.74, 6) is 1.89. The Balaban J connectivity index is 1.84. The van der Waals surface area contributed by atoms with Crippen LogP contribution in [-0.2, 0) is 11.3 Å². The lowest BCUT2D eigenvalue weighted by Gasteiger charge is -2.08. The van der Waals surface area contributed by atoms with Crippen LogP contribution in [-0.4, -0.2) is 29.3 Å². The number of rotatable bonds is 6. The van der Waals surface area contributed by atoms with E-state index in [2.05, 4.69) is 22.8 Å². The fraction of sp³-hybridized carbons (Fsp3) is 0.500. The molecule has 4 heteroatoms. The van der Waals surface area contributed by atoms with Crippen LogP contribution in [0.25, 0.3) is 11.0 Å². The van der Waals surface area contributed by atoms with Crippen molar-refractivity contribution in [1.29, 1.82) is 0 Å². The van der Waals surface area contributed by atoms with Crippen molar-refractivity contribution in [3.63, 3.8) is 0 Å². The molecule has 1 aliphatic carbocycles. The van der Waals surface area contributed by atoms with Gasteiger partial charge in [-0.05, 0) is 25.0 Å². The molecule has 0 saturated heterocycles. The van der Waals surface area contributed by atoms with E-state index in [0.717, 1.165) is 12.1 Å². The van der Waals surface area contributed by atoms with E-state index in [1.807, 2.05) is 6.07 Å². The molecule has 1 aromatic carbocycles. The minimum absolute atomic E-state index is 0.583. The zero-order valence-corrected chi connectivity index (χ0v) is 10.5. The lowest BCUT2D eigenvalue weighted by atomic mass is 10.3. The molecule has 0 amide bonds. The Labute approximate surface area is 107 Å². The van der Waals surface area contributed by atoms with Gasteiger partial charge in [-0.15, -0.1) is 0 Å². The van der Waals surface area contributed by atoms with Gasteiger partial charge in [0.1, 0.15) is 5.82 Å². The summed E-state index contributed by atoms with van der Waals surface area (Å²) in [6.07, 6.45) is 2.54. The fourth-order valence-electron chi connectivity index (χ4n) is 2.32. The molecule has 0 unspecified atom stereocenters. The van der Waals surface area contributed by atoms with Gasteiger partial charge < -0.3 is 15.0 Å². The van der Waals surface area contributed by atoms with Gasteiger partial charge >= 0.3 is 0 Å². The SMILES string of the molecule is NCCOCCn1c(C2CC2)nc2ccccc21. The highest BCUT2D eigenvalue weighted by molar-refractivity contribution is 5.76. The van der Waals surface area contributed by atoms with Gasteiger partial charge in [0.2, 0.25) is 0 Å². The summed E-state index contributed by atoms with van der Waals surface area (Å²) in [6.45, 7) is 2.79. The highest BCUT2D eigenvalue weighted by atomic mass is 16.5. The zero-order chi connectivity index (χ0) is 12.4. The lowest BCUT2D eigenvalue weighted by molar-refractivity contribution is 0.133. The molecule has 3 rings (SSSR count). The first-order valence-electron chi connectivity index (χ1n) is 6.63. The number of benzene rings is 1. The summed E-state index contributed by atoms with van der Waals surface area (Å²) in [5, 5.41) is 0. The first kappa shape index (κ1) is 11.7. The van der Waals surface area contributed by atoms with Gasteiger partial charge in [0, 0.05) is 19.0 Å². The van der Waals surface area contributed by atoms with Crippen molar-refractivity contribution in [2.75, 3.05) is 19.8 Å². The predicted octanol–water partition coefficient (Wildman–Crippen LogP) is 1.89. The molecule has 0 aliphatic heterocycles. The zero-order valence-electron chi connectivity index (χ0n) is 10.5. The second-order valence-corrected chi connectivity index (χ2v) is 4.79. The molecule has 4 nitrogen and oxygen atoms in total. The molecule has 18 heavy (non-hydrogen) atoms. The average molecular weight is 245 g/mol. The van der Waals surface area contributed by atoms with Crippen LogP contribution in [0.15, 0.2) is 24.3 Å². The van der Waals surface area contributed by atoms with Gasteiger partial charge in [-0.25, -0.2) is 4.98 Å². The third-order valence-corrected chi connectivity index (χ3v) is 3.35. The molecule has 0 bridgehead atoms. The van der Waals surface area contributed by atoms with Crippen LogP contribution in [0.1, 0.15) is 24.6 Å². The van der Waals surface area contributed by atoms with E-state index in [1.54, 1.807) is 0 Å². The Kier molecular flexibility index (Phi) is 3.30. The van der Waals surface area contributed by atoms with Gasteiger partial charge in [-0.3, -0.25) is 0 Å². The second kappa shape index (κ2) is 5.08. The molecule has 1 aliphatic rings. The Bertz CT molecular complexity index is 531. The van der Waals surface area contributed by atoms with E-state index in [-0.39, 0.29) is 0 Å². The van der Waals surface area contributed by atoms with E-state index in [1.165, 1.54) is 24.2 Å². The van der Waals surface area contributed by atoms with Crippen LogP contribution in [0.5, 0.6) is 0 Å². The molecule has 1 saturated carbocycles. The van der Waals surface area contributed by atoms with Crippen molar-refractivity contribution < 1.29 is 4.74 Å². The molecule has 1 heterocycles. The van der Waals surface area contributed by atoms with E-state index < -0.39 is 0 Å². The van der Waals surface area contributed by atoms with Gasteiger partial charge in [0.05, 0.1) is 24.2 Å². The topological polar surface area (TPSA) is 53.1 Å². The molecule has 0 spiro atoms. The number of hydrogen-bond acceptors (Lipinski definition) is 3. The first-order chi connectivity index (χ1) is 8.90. The maximum absolute atomic E-state index is 5.49. The molecule has 2 N–H and O–H groups in total. The van der Waals surface area contributed by atoms with Gasteiger partial charge in [-0.1, -0.05) is 12.1 Å². The van der Waals surface area contributed by atoms with Crippen LogP contribution in [0.4, 0.5) is 0 Å². The largest absolute Gasteiger partial charge is 0.378 e. The van der Waals surface area contributed by atoms with Crippen LogP contribution in [0.2, 0.25) is 0 Å². The lowest BCUT2D eigenvalue weighted by Crippen LogP contribution is -2.13. The van der Waals surface area contributed by atoms with E-state index in [0.29, 0.717) is 25.7 Å². The quantitative estimate of drug-likeness (QED) is 0.791. The van der Waals surface area contributed by atoms with Crippen LogP contribution < -0.4 is 5.73 Å². The molecule has 1 fully saturated rings. The summed E-state index contributed by atoms with van der Waals surface area (Å²) in [4.78, 5) is 4.76. The predicted molar refractivity (Wildman–Crippen MR) is 71.6 cm³/mol. The number of nitrogens with two attached hydrogens (primary N) is 1. The third-order valence-electron chi connectivity index (χ3n) is 3.35. The Morgan fingerprint density at radius 1 is 1.28 bits per heavy atom. The van der Waals surface area contributed by atoms with Gasteiger partial charge in [0.15, 0.2) is 0 Å². The number of para-hydroxylation sites is 2. The summed E-state index contributed by atoms with van der Waals surface area (Å²) in [7, 11) is 0. The minimum atomic E-state index is 0.583. The number of imidazole rings is 1. The van der Waals surface area contributed by atoms with Gasteiger partial charge in [-0.2, -0.15) is 0 Å². The molecular formula is C14H19N3O. The molecule has 0 atom stereocenters. The monoisotopic (exact) mass is 245 g/mol. The van der Waals surface area contributed by atoms with Crippen molar-refractivity contribution in [2.24, 2.45) is 5.73 Å². The Morgan fingerprint density at radius 2 is 2.11 bits per heavy atom. The summed E-state index contributed by atoms with van der Waals surface area (Å²) in [6, 6.07) is 8.33. The van der Waals surface area contributed by atoms with E-state index in [4.69, 9.17) is 15.5 Å². The highest BCUT2D eigenvalue weighted by Gasteiger charge is 2.29. The normalized spacial score (nSPS) is 15.4. The number of aromatic nitrogens is 2. The summed E-state index contributed by atoms with van der Waals surface area (Å²) < 4.78 is 7.80. The molecular weight excluding hydrogens is 226 g/mol. The van der Waals surface area contributed by atoms with Crippen molar-refractivity contribution in [2.45, 2.75) is 25.3 Å². The fourth-order valence-corrected chi connectivity index (χ4v) is 2.32. The standard InChI is InChI=1S/C14H19N3O/c15-7-9-18-10-8-17-13-4-2-1-3-12(13)16-14(17)11-5-6-11/h1-4,11H,5-10,15H2. The maximum Gasteiger partial charge on any atom is 0.113 e. The van der Waals surface area contributed by atoms with Crippen molar-refractivity contribution in [3.05, 3.63) is 30.1 Å². The van der Waals surface area contributed by atoms with E-state index in [9.17, 15) is 0 Å². The Morgan fingerprint density at radius 3 is 2.89 bits per heavy atom. The number of nitrogens with zero attached hydrogens (tertiary/aromatic N) is 2. The molecule has 96 valence electrons. The second-order valence-electron chi connectivity index (χ2n) is 4.79. The average Bonchev–Trinajstić information content (AvgIpc) is 3.17. The van der Waals surface area contributed by atoms with Crippen molar-refractivity contribution in [3.8, 4) is 0 Å². The molecule has 2 aromatic rings. The summed E-state index contributed by atoms with van der Waals surface area (Å²) in [5.41, 5.74) is 7.74. The number of ether oxygens (including phenoxy) is 1. The van der Waals surface area contributed by atoms with Crippen molar-refractivity contribution in [1.82, 2.24) is 9.55 Å². The Hall–Kier alpha value is -1.39. The third kappa shape index (κ3) is 2.26. The first-order valence-corrected chi connectivity index (χ1v) is 6.63. The van der Waals surface area contributed by atoms with Crippen molar-refractivity contribution >= 4 is 11.0 Å². The van der Waals surface area contributed by atoms with Crippen LogP contribution in [0.3, 0.4) is 0 Å². The van der Waals surface area contributed by atoms with Gasteiger partial charge in [0.25, 0.3) is 0 Å². The maximum atomic E-state index is 5.49.